The number of carbonyl (C=O) groups is 1. The van der Waals surface area contributed by atoms with E-state index in [2.05, 4.69) is 15.5 Å². The van der Waals surface area contributed by atoms with Gasteiger partial charge in [-0.3, -0.25) is 9.89 Å². The number of ether oxygens (including phenoxy) is 1. The lowest BCUT2D eigenvalue weighted by molar-refractivity contribution is -0.122. The van der Waals surface area contributed by atoms with Crippen LogP contribution in [0.15, 0.2) is 24.3 Å². The smallest absolute Gasteiger partial charge is 0.223 e. The molecule has 1 aliphatic carbocycles. The molecule has 0 aliphatic heterocycles. The van der Waals surface area contributed by atoms with Gasteiger partial charge in [0.2, 0.25) is 5.91 Å². The van der Waals surface area contributed by atoms with E-state index >= 15 is 0 Å². The summed E-state index contributed by atoms with van der Waals surface area (Å²) in [7, 11) is 3.52. The number of rotatable bonds is 6. The lowest BCUT2D eigenvalue weighted by Crippen LogP contribution is -2.28. The second-order valence-electron chi connectivity index (χ2n) is 5.74. The highest BCUT2D eigenvalue weighted by atomic mass is 32.1. The fourth-order valence-electron chi connectivity index (χ4n) is 2.83. The van der Waals surface area contributed by atoms with E-state index in [-0.39, 0.29) is 17.7 Å². The number of aromatic nitrogens is 3. The van der Waals surface area contributed by atoms with Crippen molar-refractivity contribution >= 4 is 18.1 Å². The second-order valence-corrected chi connectivity index (χ2v) is 6.12. The number of hydrogen-bond acceptors (Lipinski definition) is 4. The molecule has 2 N–H and O–H groups in total. The Bertz CT molecular complexity index is 767. The van der Waals surface area contributed by atoms with Crippen LogP contribution in [0.1, 0.15) is 23.7 Å². The molecule has 2 atom stereocenters. The van der Waals surface area contributed by atoms with Crippen molar-refractivity contribution < 1.29 is 9.53 Å². The number of methoxy groups -OCH3 is 1. The Hall–Kier alpha value is -2.15. The Morgan fingerprint density at radius 2 is 2.30 bits per heavy atom. The SMILES string of the molecule is COc1ccccc1[C@H]1C[C@@H]1C(=O)NCCc1n[nH]c(=S)n1C. The van der Waals surface area contributed by atoms with E-state index < -0.39 is 0 Å². The Balaban J connectivity index is 1.52. The van der Waals surface area contributed by atoms with E-state index in [0.717, 1.165) is 23.6 Å². The highest BCUT2D eigenvalue weighted by Gasteiger charge is 2.45. The molecule has 0 spiro atoms. The fourth-order valence-corrected chi connectivity index (χ4v) is 2.98. The van der Waals surface area contributed by atoms with Crippen LogP contribution in [0.2, 0.25) is 0 Å². The van der Waals surface area contributed by atoms with Gasteiger partial charge in [-0.05, 0) is 36.2 Å². The van der Waals surface area contributed by atoms with Crippen molar-refractivity contribution in [3.8, 4) is 5.75 Å². The third-order valence-electron chi connectivity index (χ3n) is 4.29. The van der Waals surface area contributed by atoms with Gasteiger partial charge in [0.1, 0.15) is 11.6 Å². The van der Waals surface area contributed by atoms with Crippen LogP contribution in [0.3, 0.4) is 0 Å². The first-order valence-corrected chi connectivity index (χ1v) is 8.03. The predicted octanol–water partition coefficient (Wildman–Crippen LogP) is 1.95. The van der Waals surface area contributed by atoms with Crippen molar-refractivity contribution in [2.24, 2.45) is 13.0 Å². The first-order chi connectivity index (χ1) is 11.1. The molecular weight excluding hydrogens is 312 g/mol. The van der Waals surface area contributed by atoms with Crippen molar-refractivity contribution in [2.75, 3.05) is 13.7 Å². The third-order valence-corrected chi connectivity index (χ3v) is 4.65. The monoisotopic (exact) mass is 332 g/mol. The summed E-state index contributed by atoms with van der Waals surface area (Å²) in [6.07, 6.45) is 1.53. The van der Waals surface area contributed by atoms with E-state index in [4.69, 9.17) is 17.0 Å². The topological polar surface area (TPSA) is 71.9 Å². The molecule has 0 radical (unpaired) electrons. The first kappa shape index (κ1) is 15.7. The number of nitrogens with one attached hydrogen (secondary N) is 2. The normalized spacial score (nSPS) is 19.4. The summed E-state index contributed by atoms with van der Waals surface area (Å²) < 4.78 is 7.78. The van der Waals surface area contributed by atoms with E-state index in [1.54, 1.807) is 7.11 Å². The first-order valence-electron chi connectivity index (χ1n) is 7.62. The van der Waals surface area contributed by atoms with E-state index in [9.17, 15) is 4.79 Å². The number of amides is 1. The van der Waals surface area contributed by atoms with Gasteiger partial charge in [-0.25, -0.2) is 0 Å². The number of aromatic amines is 1. The molecule has 7 heteroatoms. The van der Waals surface area contributed by atoms with Gasteiger partial charge in [0.25, 0.3) is 0 Å². The Labute approximate surface area is 139 Å². The standard InChI is InChI=1S/C16H20N4O2S/c1-20-14(18-19-16(20)23)7-8-17-15(21)12-9-11(12)10-5-3-4-6-13(10)22-2/h3-6,11-12H,7-9H2,1-2H3,(H,17,21)(H,19,23)/t11-,12+/m1/s1. The highest BCUT2D eigenvalue weighted by molar-refractivity contribution is 7.71. The van der Waals surface area contributed by atoms with Crippen molar-refractivity contribution in [2.45, 2.75) is 18.8 Å². The molecule has 1 aromatic carbocycles. The fraction of sp³-hybridized carbons (Fsp3) is 0.438. The van der Waals surface area contributed by atoms with Crippen molar-refractivity contribution in [1.29, 1.82) is 0 Å². The minimum atomic E-state index is 0.0359. The summed E-state index contributed by atoms with van der Waals surface area (Å²) in [6, 6.07) is 7.89. The van der Waals surface area contributed by atoms with Crippen LogP contribution in [0, 0.1) is 10.7 Å². The van der Waals surface area contributed by atoms with Crippen molar-refractivity contribution in [3.05, 3.63) is 40.4 Å². The van der Waals surface area contributed by atoms with Gasteiger partial charge in [-0.2, -0.15) is 5.10 Å². The molecular formula is C16H20N4O2S. The van der Waals surface area contributed by atoms with Crippen molar-refractivity contribution in [1.82, 2.24) is 20.1 Å². The van der Waals surface area contributed by atoms with Gasteiger partial charge in [0.15, 0.2) is 4.77 Å². The summed E-state index contributed by atoms with van der Waals surface area (Å²) in [5, 5.41) is 9.86. The number of hydrogen-bond donors (Lipinski definition) is 2. The van der Waals surface area contributed by atoms with Crippen molar-refractivity contribution in [3.63, 3.8) is 0 Å². The van der Waals surface area contributed by atoms with E-state index in [0.29, 0.717) is 17.7 Å². The molecule has 2 aromatic rings. The Morgan fingerprint density at radius 3 is 3.00 bits per heavy atom. The van der Waals surface area contributed by atoms with Gasteiger partial charge < -0.3 is 14.6 Å². The van der Waals surface area contributed by atoms with Crippen LogP contribution < -0.4 is 10.1 Å². The molecule has 6 nitrogen and oxygen atoms in total. The molecule has 23 heavy (non-hydrogen) atoms. The zero-order valence-corrected chi connectivity index (χ0v) is 14.0. The van der Waals surface area contributed by atoms with Crippen LogP contribution in [-0.2, 0) is 18.3 Å². The molecule has 1 aromatic heterocycles. The third kappa shape index (κ3) is 3.29. The van der Waals surface area contributed by atoms with Crippen LogP contribution in [0.4, 0.5) is 0 Å². The Kier molecular flexibility index (Phi) is 4.47. The molecule has 122 valence electrons. The molecule has 1 aliphatic rings. The lowest BCUT2D eigenvalue weighted by atomic mass is 10.1. The van der Waals surface area contributed by atoms with Gasteiger partial charge in [-0.15, -0.1) is 0 Å². The minimum absolute atomic E-state index is 0.0359. The summed E-state index contributed by atoms with van der Waals surface area (Å²) in [5.41, 5.74) is 1.12. The quantitative estimate of drug-likeness (QED) is 0.793. The molecule has 0 bridgehead atoms. The lowest BCUT2D eigenvalue weighted by Gasteiger charge is -2.08. The molecule has 1 saturated carbocycles. The summed E-state index contributed by atoms with van der Waals surface area (Å²) in [5.74, 6) is 2.08. The average Bonchev–Trinajstić information content (AvgIpc) is 3.31. The maximum Gasteiger partial charge on any atom is 0.223 e. The van der Waals surface area contributed by atoms with Gasteiger partial charge in [-0.1, -0.05) is 18.2 Å². The maximum atomic E-state index is 12.3. The minimum Gasteiger partial charge on any atom is -0.496 e. The number of carbonyl (C=O) groups excluding carboxylic acids is 1. The molecule has 1 fully saturated rings. The number of benzene rings is 1. The van der Waals surface area contributed by atoms with E-state index in [1.165, 1.54) is 0 Å². The van der Waals surface area contributed by atoms with Crippen LogP contribution in [-0.4, -0.2) is 34.3 Å². The molecule has 1 heterocycles. The van der Waals surface area contributed by atoms with Crippen LogP contribution >= 0.6 is 12.2 Å². The molecule has 0 unspecified atom stereocenters. The van der Waals surface area contributed by atoms with E-state index in [1.807, 2.05) is 35.9 Å². The molecule has 1 amide bonds. The average molecular weight is 332 g/mol. The van der Waals surface area contributed by atoms with Gasteiger partial charge in [0.05, 0.1) is 7.11 Å². The highest BCUT2D eigenvalue weighted by Crippen LogP contribution is 2.50. The predicted molar refractivity (Wildman–Crippen MR) is 88.9 cm³/mol. The largest absolute Gasteiger partial charge is 0.496 e. The second kappa shape index (κ2) is 6.54. The molecule has 0 saturated heterocycles. The summed E-state index contributed by atoms with van der Waals surface area (Å²) in [4.78, 5) is 12.3. The van der Waals surface area contributed by atoms with Gasteiger partial charge in [0, 0.05) is 25.9 Å². The number of nitrogens with zero attached hydrogens (tertiary/aromatic N) is 2. The molecule has 3 rings (SSSR count). The number of H-pyrrole nitrogens is 1. The zero-order valence-electron chi connectivity index (χ0n) is 13.2. The van der Waals surface area contributed by atoms with Gasteiger partial charge >= 0.3 is 0 Å². The maximum absolute atomic E-state index is 12.3. The Morgan fingerprint density at radius 1 is 1.52 bits per heavy atom. The number of para-hydroxylation sites is 1. The summed E-state index contributed by atoms with van der Waals surface area (Å²) in [6.45, 7) is 0.557. The van der Waals surface area contributed by atoms with Crippen LogP contribution in [0.5, 0.6) is 5.75 Å². The van der Waals surface area contributed by atoms with Crippen LogP contribution in [0.25, 0.3) is 0 Å². The zero-order chi connectivity index (χ0) is 16.4. The summed E-state index contributed by atoms with van der Waals surface area (Å²) >= 11 is 5.07.